The molecule has 0 spiro atoms. The van der Waals surface area contributed by atoms with Crippen molar-refractivity contribution in [2.75, 3.05) is 6.79 Å². The first-order chi connectivity index (χ1) is 12.2. The highest BCUT2D eigenvalue weighted by Gasteiger charge is 2.45. The van der Waals surface area contributed by atoms with Gasteiger partial charge in [-0.1, -0.05) is 72.8 Å². The van der Waals surface area contributed by atoms with Crippen LogP contribution in [0.1, 0.15) is 10.4 Å². The quantitative estimate of drug-likeness (QED) is 0.313. The van der Waals surface area contributed by atoms with Gasteiger partial charge in [0.2, 0.25) is 5.78 Å². The van der Waals surface area contributed by atoms with Crippen molar-refractivity contribution in [2.24, 2.45) is 0 Å². The average Bonchev–Trinajstić information content (AvgIpc) is 2.66. The first kappa shape index (κ1) is 16.4. The molecule has 4 rings (SSSR count). The number of hydrogen-bond donors (Lipinski definition) is 0. The van der Waals surface area contributed by atoms with E-state index >= 15 is 0 Å². The molecule has 0 aliphatic carbocycles. The Morgan fingerprint density at radius 2 is 1.36 bits per heavy atom. The Kier molecular flexibility index (Phi) is 4.41. The normalized spacial score (nSPS) is 15.4. The van der Waals surface area contributed by atoms with E-state index in [-0.39, 0.29) is 12.6 Å². The van der Waals surface area contributed by atoms with Crippen molar-refractivity contribution in [3.05, 3.63) is 84.4 Å². The zero-order valence-electron chi connectivity index (χ0n) is 13.3. The van der Waals surface area contributed by atoms with Gasteiger partial charge >= 0.3 is 0 Å². The first-order valence-electron chi connectivity index (χ1n) is 7.94. The molecular weight excluding hydrogens is 427 g/mol. The number of rotatable bonds is 4. The number of ketones is 1. The van der Waals surface area contributed by atoms with E-state index in [2.05, 4.69) is 12.1 Å². The van der Waals surface area contributed by atoms with Gasteiger partial charge in [0.05, 0.1) is 0 Å². The van der Waals surface area contributed by atoms with Gasteiger partial charge in [0.25, 0.3) is 3.79 Å². The highest BCUT2D eigenvalue weighted by Crippen LogP contribution is 2.37. The first-order valence-corrected chi connectivity index (χ1v) is 9.02. The molecule has 25 heavy (non-hydrogen) atoms. The SMILES string of the molecule is O=C(c1ccc(-c2ccccc2)c(-c2ccccc2)c1)C1(I)OCO1. The van der Waals surface area contributed by atoms with Crippen LogP contribution in [-0.4, -0.2) is 16.4 Å². The maximum Gasteiger partial charge on any atom is 0.291 e. The summed E-state index contributed by atoms with van der Waals surface area (Å²) < 4.78 is 9.43. The molecule has 1 fully saturated rings. The lowest BCUT2D eigenvalue weighted by Gasteiger charge is -2.34. The summed E-state index contributed by atoms with van der Waals surface area (Å²) in [6, 6.07) is 26.0. The van der Waals surface area contributed by atoms with Crippen molar-refractivity contribution in [1.29, 1.82) is 0 Å². The number of benzene rings is 3. The van der Waals surface area contributed by atoms with Gasteiger partial charge in [0, 0.05) is 5.56 Å². The molecule has 0 aromatic heterocycles. The summed E-state index contributed by atoms with van der Waals surface area (Å²) in [4.78, 5) is 12.7. The standard InChI is InChI=1S/C21H15IO3/c22-21(24-14-25-21)20(23)17-11-12-18(15-7-3-1-4-8-15)19(13-17)16-9-5-2-6-10-16/h1-13H,14H2. The van der Waals surface area contributed by atoms with Crippen LogP contribution in [0, 0.1) is 0 Å². The van der Waals surface area contributed by atoms with Gasteiger partial charge in [-0.05, 0) is 50.9 Å². The fraction of sp³-hybridized carbons (Fsp3) is 0.0952. The molecule has 1 saturated heterocycles. The van der Waals surface area contributed by atoms with Crippen LogP contribution in [-0.2, 0) is 9.47 Å². The molecule has 0 saturated carbocycles. The fourth-order valence-corrected chi connectivity index (χ4v) is 3.44. The Bertz CT molecular complexity index is 903. The van der Waals surface area contributed by atoms with Gasteiger partial charge in [-0.15, -0.1) is 0 Å². The highest BCUT2D eigenvalue weighted by molar-refractivity contribution is 14.1. The zero-order chi connectivity index (χ0) is 17.3. The molecule has 3 nitrogen and oxygen atoms in total. The molecule has 3 aromatic rings. The van der Waals surface area contributed by atoms with E-state index in [1.54, 1.807) is 0 Å². The maximum absolute atomic E-state index is 12.7. The molecule has 0 unspecified atom stereocenters. The van der Waals surface area contributed by atoms with E-state index in [1.165, 1.54) is 0 Å². The summed E-state index contributed by atoms with van der Waals surface area (Å²) in [6.07, 6.45) is 0. The Balaban J connectivity index is 1.85. The molecule has 124 valence electrons. The number of hydrogen-bond acceptors (Lipinski definition) is 3. The van der Waals surface area contributed by atoms with Crippen LogP contribution in [0.3, 0.4) is 0 Å². The Hall–Kier alpha value is -2.02. The van der Waals surface area contributed by atoms with Crippen LogP contribution < -0.4 is 0 Å². The third-order valence-corrected chi connectivity index (χ3v) is 5.32. The summed E-state index contributed by atoms with van der Waals surface area (Å²) >= 11 is 1.91. The number of carbonyl (C=O) groups excluding carboxylic acids is 1. The summed E-state index contributed by atoms with van der Waals surface area (Å²) in [5, 5.41) is 0. The summed E-state index contributed by atoms with van der Waals surface area (Å²) in [5.74, 6) is -0.170. The van der Waals surface area contributed by atoms with E-state index < -0.39 is 3.79 Å². The molecule has 0 N–H and O–H groups in total. The van der Waals surface area contributed by atoms with E-state index in [0.29, 0.717) is 5.56 Å². The van der Waals surface area contributed by atoms with Gasteiger partial charge < -0.3 is 9.47 Å². The van der Waals surface area contributed by atoms with E-state index in [9.17, 15) is 4.79 Å². The van der Waals surface area contributed by atoms with Crippen molar-refractivity contribution >= 4 is 28.4 Å². The van der Waals surface area contributed by atoms with Crippen molar-refractivity contribution in [2.45, 2.75) is 3.79 Å². The Morgan fingerprint density at radius 3 is 1.88 bits per heavy atom. The lowest BCUT2D eigenvalue weighted by Crippen LogP contribution is -2.47. The molecule has 1 aliphatic heterocycles. The van der Waals surface area contributed by atoms with Gasteiger partial charge in [-0.2, -0.15) is 0 Å². The van der Waals surface area contributed by atoms with Crippen LogP contribution in [0.25, 0.3) is 22.3 Å². The third kappa shape index (κ3) is 3.13. The molecule has 1 heterocycles. The molecule has 1 aliphatic rings. The number of ether oxygens (including phenoxy) is 2. The predicted octanol–water partition coefficient (Wildman–Crippen LogP) is 5.30. The largest absolute Gasteiger partial charge is 0.308 e. The minimum Gasteiger partial charge on any atom is -0.308 e. The Morgan fingerprint density at radius 1 is 0.800 bits per heavy atom. The van der Waals surface area contributed by atoms with Crippen molar-refractivity contribution in [3.8, 4) is 22.3 Å². The van der Waals surface area contributed by atoms with E-state index in [1.807, 2.05) is 89.3 Å². The molecule has 0 amide bonds. The fourth-order valence-electron chi connectivity index (χ4n) is 2.88. The average molecular weight is 442 g/mol. The summed E-state index contributed by atoms with van der Waals surface area (Å²) in [5.41, 5.74) is 4.85. The second-order valence-corrected chi connectivity index (χ2v) is 7.18. The van der Waals surface area contributed by atoms with Crippen molar-refractivity contribution in [1.82, 2.24) is 0 Å². The van der Waals surface area contributed by atoms with E-state index in [0.717, 1.165) is 22.3 Å². The minimum atomic E-state index is -1.19. The topological polar surface area (TPSA) is 35.5 Å². The van der Waals surface area contributed by atoms with Gasteiger partial charge in [0.1, 0.15) is 0 Å². The van der Waals surface area contributed by atoms with Crippen LogP contribution in [0.15, 0.2) is 78.9 Å². The number of Topliss-reactive ketones (excluding diaryl/α,β-unsaturated/α-hetero) is 1. The number of carbonyl (C=O) groups is 1. The third-order valence-electron chi connectivity index (χ3n) is 4.21. The van der Waals surface area contributed by atoms with Gasteiger partial charge in [-0.3, -0.25) is 4.79 Å². The molecule has 0 atom stereocenters. The highest BCUT2D eigenvalue weighted by atomic mass is 127. The second-order valence-electron chi connectivity index (χ2n) is 5.76. The lowest BCUT2D eigenvalue weighted by atomic mass is 9.92. The van der Waals surface area contributed by atoms with Crippen LogP contribution in [0.5, 0.6) is 0 Å². The molecule has 3 aromatic carbocycles. The van der Waals surface area contributed by atoms with Crippen LogP contribution >= 0.6 is 22.6 Å². The van der Waals surface area contributed by atoms with Crippen molar-refractivity contribution < 1.29 is 14.3 Å². The Labute approximate surface area is 159 Å². The zero-order valence-corrected chi connectivity index (χ0v) is 15.5. The predicted molar refractivity (Wildman–Crippen MR) is 105 cm³/mol. The summed E-state index contributed by atoms with van der Waals surface area (Å²) in [7, 11) is 0. The van der Waals surface area contributed by atoms with Crippen molar-refractivity contribution in [3.63, 3.8) is 0 Å². The van der Waals surface area contributed by atoms with Gasteiger partial charge in [0.15, 0.2) is 6.79 Å². The smallest absolute Gasteiger partial charge is 0.291 e. The molecular formula is C21H15IO3. The minimum absolute atomic E-state index is 0.155. The maximum atomic E-state index is 12.7. The molecule has 0 bridgehead atoms. The lowest BCUT2D eigenvalue weighted by molar-refractivity contribution is -0.303. The molecule has 0 radical (unpaired) electrons. The number of halogens is 1. The van der Waals surface area contributed by atoms with Gasteiger partial charge in [-0.25, -0.2) is 0 Å². The van der Waals surface area contributed by atoms with E-state index in [4.69, 9.17) is 9.47 Å². The second kappa shape index (κ2) is 6.71. The molecule has 4 heteroatoms. The van der Waals surface area contributed by atoms with Crippen LogP contribution in [0.4, 0.5) is 0 Å². The monoisotopic (exact) mass is 442 g/mol. The summed E-state index contributed by atoms with van der Waals surface area (Å²) in [6.45, 7) is 0.155. The number of alkyl halides is 1. The van der Waals surface area contributed by atoms with Crippen LogP contribution in [0.2, 0.25) is 0 Å².